The average molecular weight is 288 g/mol. The third-order valence-corrected chi connectivity index (χ3v) is 3.27. The molecule has 2 atom stereocenters. The average Bonchev–Trinajstić information content (AvgIpc) is 2.12. The number of ether oxygens (including phenoxy) is 1. The Bertz CT molecular complexity index is 222. The molecule has 0 aliphatic heterocycles. The first kappa shape index (κ1) is 16.4. The van der Waals surface area contributed by atoms with Crippen molar-refractivity contribution in [1.29, 1.82) is 0 Å². The molecule has 96 valence electrons. The lowest BCUT2D eigenvalue weighted by atomic mass is 10.5. The number of nitrogens with zero attached hydrogens (tertiary/aromatic N) is 1. The smallest absolute Gasteiger partial charge is 0.274 e. The lowest BCUT2D eigenvalue weighted by Gasteiger charge is -2.34. The van der Waals surface area contributed by atoms with Crippen LogP contribution in [-0.4, -0.2) is 59.2 Å². The van der Waals surface area contributed by atoms with Gasteiger partial charge in [0.15, 0.2) is 0 Å². The van der Waals surface area contributed by atoms with E-state index in [1.165, 1.54) is 11.8 Å². The van der Waals surface area contributed by atoms with Crippen LogP contribution in [0.3, 0.4) is 0 Å². The molecule has 0 aliphatic rings. The van der Waals surface area contributed by atoms with Gasteiger partial charge in [-0.05, 0) is 25.2 Å². The predicted octanol–water partition coefficient (Wildman–Crippen LogP) is 0.959. The summed E-state index contributed by atoms with van der Waals surface area (Å²) in [6.07, 6.45) is 0.312. The molecule has 0 fully saturated rings. The Morgan fingerprint density at radius 3 is 2.50 bits per heavy atom. The van der Waals surface area contributed by atoms with Crippen LogP contribution < -0.4 is 5.73 Å². The number of thiocarbonyl (C=S) groups is 1. The third kappa shape index (κ3) is 6.88. The van der Waals surface area contributed by atoms with E-state index in [2.05, 4.69) is 0 Å². The van der Waals surface area contributed by atoms with Crippen molar-refractivity contribution in [3.05, 3.63) is 0 Å². The molecule has 0 aromatic carbocycles. The summed E-state index contributed by atoms with van der Waals surface area (Å²) < 4.78 is 6.24. The fourth-order valence-corrected chi connectivity index (χ4v) is 2.34. The maximum Gasteiger partial charge on any atom is 0.274 e. The van der Waals surface area contributed by atoms with E-state index in [9.17, 15) is 5.11 Å². The highest BCUT2D eigenvalue weighted by molar-refractivity contribution is 8.22. The van der Waals surface area contributed by atoms with E-state index in [0.717, 1.165) is 12.2 Å². The maximum absolute atomic E-state index is 9.40. The minimum absolute atomic E-state index is 0.377. The zero-order valence-electron chi connectivity index (χ0n) is 9.85. The van der Waals surface area contributed by atoms with Crippen LogP contribution in [-0.2, 0) is 4.74 Å². The first-order chi connectivity index (χ1) is 7.29. The van der Waals surface area contributed by atoms with E-state index >= 15 is 0 Å². The fourth-order valence-electron chi connectivity index (χ4n) is 0.955. The standard InChI is InChI=1S/C9H20ClN2O2S2/c1-12(2,3)8(7(10)13)14-9(15)16-6-4-5-11/h7-8,13H,4-6,11H2,1-3H3/q+1. The minimum atomic E-state index is -1.09. The van der Waals surface area contributed by atoms with Gasteiger partial charge in [0.1, 0.15) is 0 Å². The van der Waals surface area contributed by atoms with Crippen molar-refractivity contribution in [3.63, 3.8) is 0 Å². The van der Waals surface area contributed by atoms with E-state index in [-0.39, 0.29) is 0 Å². The maximum atomic E-state index is 9.40. The molecule has 0 bridgehead atoms. The van der Waals surface area contributed by atoms with Crippen LogP contribution in [0.25, 0.3) is 0 Å². The Morgan fingerprint density at radius 1 is 1.56 bits per heavy atom. The monoisotopic (exact) mass is 287 g/mol. The van der Waals surface area contributed by atoms with Crippen molar-refractivity contribution in [2.45, 2.75) is 18.2 Å². The highest BCUT2D eigenvalue weighted by Gasteiger charge is 2.33. The molecule has 0 saturated heterocycles. The minimum Gasteiger partial charge on any atom is -0.422 e. The summed E-state index contributed by atoms with van der Waals surface area (Å²) in [6, 6.07) is 0. The van der Waals surface area contributed by atoms with Crippen LogP contribution in [0.5, 0.6) is 0 Å². The molecule has 0 aliphatic carbocycles. The van der Waals surface area contributed by atoms with E-state index in [1.807, 2.05) is 21.1 Å². The van der Waals surface area contributed by atoms with Crippen molar-refractivity contribution in [1.82, 2.24) is 0 Å². The van der Waals surface area contributed by atoms with Gasteiger partial charge in [0, 0.05) is 5.75 Å². The molecule has 7 heteroatoms. The topological polar surface area (TPSA) is 55.5 Å². The zero-order valence-corrected chi connectivity index (χ0v) is 12.2. The summed E-state index contributed by atoms with van der Waals surface area (Å²) in [5.74, 6) is 0.817. The molecule has 4 nitrogen and oxygen atoms in total. The molecule has 16 heavy (non-hydrogen) atoms. The second-order valence-electron chi connectivity index (χ2n) is 4.24. The van der Waals surface area contributed by atoms with Gasteiger partial charge in [-0.15, -0.1) is 0 Å². The number of alkyl halides is 1. The van der Waals surface area contributed by atoms with Crippen LogP contribution in [0.15, 0.2) is 0 Å². The quantitative estimate of drug-likeness (QED) is 0.251. The summed E-state index contributed by atoms with van der Waals surface area (Å²) >= 11 is 12.1. The van der Waals surface area contributed by atoms with Gasteiger partial charge < -0.3 is 15.6 Å². The van der Waals surface area contributed by atoms with Crippen molar-refractivity contribution < 1.29 is 14.3 Å². The Labute approximate surface area is 112 Å². The molecule has 0 heterocycles. The van der Waals surface area contributed by atoms with Crippen LogP contribution in [0, 0.1) is 0 Å². The SMILES string of the molecule is C[N+](C)(C)C(OC(=S)SCCCN)C(O)Cl. The Hall–Kier alpha value is 0.410. The third-order valence-electron chi connectivity index (χ3n) is 1.78. The molecule has 0 saturated carbocycles. The van der Waals surface area contributed by atoms with Crippen LogP contribution in [0.2, 0.25) is 0 Å². The van der Waals surface area contributed by atoms with Crippen molar-refractivity contribution in [2.75, 3.05) is 33.4 Å². The number of rotatable bonds is 6. The summed E-state index contributed by atoms with van der Waals surface area (Å²) in [7, 11) is 5.64. The normalized spacial score (nSPS) is 15.6. The molecule has 0 amide bonds. The lowest BCUT2D eigenvalue weighted by Crippen LogP contribution is -2.52. The number of nitrogens with two attached hydrogens (primary N) is 1. The predicted molar refractivity (Wildman–Crippen MR) is 73.5 cm³/mol. The van der Waals surface area contributed by atoms with E-state index < -0.39 is 11.8 Å². The molecular weight excluding hydrogens is 268 g/mol. The van der Waals surface area contributed by atoms with Gasteiger partial charge in [0.05, 0.1) is 21.1 Å². The van der Waals surface area contributed by atoms with Gasteiger partial charge in [0.2, 0.25) is 9.95 Å². The first-order valence-electron chi connectivity index (χ1n) is 4.95. The molecule has 2 unspecified atom stereocenters. The molecule has 0 rings (SSSR count). The van der Waals surface area contributed by atoms with Gasteiger partial charge in [0.25, 0.3) is 6.23 Å². The number of halogens is 1. The van der Waals surface area contributed by atoms with Crippen LogP contribution in [0.4, 0.5) is 0 Å². The number of hydrogen-bond acceptors (Lipinski definition) is 5. The van der Waals surface area contributed by atoms with Crippen LogP contribution >= 0.6 is 35.6 Å². The van der Waals surface area contributed by atoms with Gasteiger partial charge in [-0.3, -0.25) is 4.48 Å². The molecule has 0 aromatic rings. The second kappa shape index (κ2) is 7.68. The Kier molecular flexibility index (Phi) is 7.88. The molecule has 3 N–H and O–H groups in total. The van der Waals surface area contributed by atoms with Gasteiger partial charge in [-0.25, -0.2) is 0 Å². The number of aliphatic hydroxyl groups is 1. The Balaban J connectivity index is 4.15. The zero-order chi connectivity index (χ0) is 12.8. The fraction of sp³-hybridized carbons (Fsp3) is 0.889. The number of quaternary nitrogens is 1. The van der Waals surface area contributed by atoms with Gasteiger partial charge in [-0.2, -0.15) is 0 Å². The summed E-state index contributed by atoms with van der Waals surface area (Å²) in [6.45, 7) is 0.631. The van der Waals surface area contributed by atoms with Gasteiger partial charge in [-0.1, -0.05) is 23.4 Å². The van der Waals surface area contributed by atoms with E-state index in [0.29, 0.717) is 15.4 Å². The number of hydrogen-bond donors (Lipinski definition) is 2. The summed E-state index contributed by atoms with van der Waals surface area (Å²) in [4.78, 5) is 0. The second-order valence-corrected chi connectivity index (χ2v) is 6.38. The van der Waals surface area contributed by atoms with E-state index in [4.69, 9.17) is 34.3 Å². The van der Waals surface area contributed by atoms with Crippen LogP contribution in [0.1, 0.15) is 6.42 Å². The van der Waals surface area contributed by atoms with E-state index in [1.54, 1.807) is 0 Å². The highest BCUT2D eigenvalue weighted by atomic mass is 35.5. The summed E-state index contributed by atoms with van der Waals surface area (Å²) in [5, 5.41) is 9.40. The Morgan fingerprint density at radius 2 is 2.12 bits per heavy atom. The largest absolute Gasteiger partial charge is 0.422 e. The molecule has 0 radical (unpaired) electrons. The number of thioether (sulfide) groups is 1. The van der Waals surface area contributed by atoms with Gasteiger partial charge >= 0.3 is 0 Å². The van der Waals surface area contributed by atoms with Crippen molar-refractivity contribution in [3.8, 4) is 0 Å². The molecular formula is C9H20ClN2O2S2+. The highest BCUT2D eigenvalue weighted by Crippen LogP contribution is 2.17. The first-order valence-corrected chi connectivity index (χ1v) is 6.78. The molecule has 0 aromatic heterocycles. The number of likely N-dealkylation sites (N-methyl/N-ethyl adjacent to an activating group) is 1. The number of aliphatic hydroxyl groups excluding tert-OH is 1. The van der Waals surface area contributed by atoms with Crippen molar-refractivity contribution >= 4 is 40.0 Å². The van der Waals surface area contributed by atoms with Crippen molar-refractivity contribution in [2.24, 2.45) is 5.73 Å². The molecule has 0 spiro atoms. The summed E-state index contributed by atoms with van der Waals surface area (Å²) in [5.41, 5.74) is 4.28. The lowest BCUT2D eigenvalue weighted by molar-refractivity contribution is -0.918.